The van der Waals surface area contributed by atoms with Crippen molar-refractivity contribution in [2.45, 2.75) is 25.4 Å². The van der Waals surface area contributed by atoms with Crippen LogP contribution >= 0.6 is 0 Å². The minimum absolute atomic E-state index is 0.136. The van der Waals surface area contributed by atoms with E-state index in [1.165, 1.54) is 17.7 Å². The fourth-order valence-corrected chi connectivity index (χ4v) is 5.10. The first-order valence-electron chi connectivity index (χ1n) is 12.0. The number of hydrogen-bond donors (Lipinski definition) is 2. The van der Waals surface area contributed by atoms with E-state index in [0.717, 1.165) is 35.5 Å². The van der Waals surface area contributed by atoms with Crippen molar-refractivity contribution in [3.8, 4) is 11.3 Å². The van der Waals surface area contributed by atoms with Gasteiger partial charge in [-0.3, -0.25) is 9.20 Å². The van der Waals surface area contributed by atoms with Crippen LogP contribution in [0.25, 0.3) is 16.9 Å². The minimum atomic E-state index is -0.339. The van der Waals surface area contributed by atoms with Gasteiger partial charge in [-0.25, -0.2) is 14.4 Å². The number of ether oxygens (including phenoxy) is 1. The van der Waals surface area contributed by atoms with Gasteiger partial charge in [-0.1, -0.05) is 6.07 Å². The summed E-state index contributed by atoms with van der Waals surface area (Å²) in [5.74, 6) is 0.568. The third kappa shape index (κ3) is 4.10. The third-order valence-corrected chi connectivity index (χ3v) is 6.76. The summed E-state index contributed by atoms with van der Waals surface area (Å²) in [4.78, 5) is 24.2. The van der Waals surface area contributed by atoms with Crippen molar-refractivity contribution >= 4 is 23.1 Å². The van der Waals surface area contributed by atoms with Gasteiger partial charge in [-0.15, -0.1) is 0 Å². The zero-order chi connectivity index (χ0) is 24.8. The van der Waals surface area contributed by atoms with Crippen molar-refractivity contribution in [3.05, 3.63) is 77.0 Å². The molecule has 36 heavy (non-hydrogen) atoms. The maximum absolute atomic E-state index is 13.7. The maximum atomic E-state index is 13.7. The zero-order valence-corrected chi connectivity index (χ0v) is 20.2. The number of benzene rings is 1. The Bertz CT molecular complexity index is 1470. The molecule has 184 valence electrons. The number of fused-ring (bicyclic) bond motifs is 2. The topological polar surface area (TPSA) is 83.8 Å². The maximum Gasteiger partial charge on any atom is 0.254 e. The molecule has 6 rings (SSSR count). The molecule has 5 heterocycles. The lowest BCUT2D eigenvalue weighted by molar-refractivity contribution is 0.0966. The summed E-state index contributed by atoms with van der Waals surface area (Å²) in [5, 5.41) is 6.38. The van der Waals surface area contributed by atoms with Gasteiger partial charge in [-0.05, 0) is 55.9 Å². The Labute approximate surface area is 208 Å². The summed E-state index contributed by atoms with van der Waals surface area (Å²) < 4.78 is 21.1. The molecule has 2 aliphatic rings. The van der Waals surface area contributed by atoms with E-state index in [-0.39, 0.29) is 11.7 Å². The van der Waals surface area contributed by atoms with E-state index in [4.69, 9.17) is 9.72 Å². The highest BCUT2D eigenvalue weighted by Crippen LogP contribution is 2.36. The molecule has 1 fully saturated rings. The molecule has 4 aromatic rings. The molecular weight excluding hydrogens is 459 g/mol. The number of nitrogens with one attached hydrogen (secondary N) is 2. The van der Waals surface area contributed by atoms with E-state index in [1.54, 1.807) is 12.4 Å². The summed E-state index contributed by atoms with van der Waals surface area (Å²) in [6, 6.07) is 10.9. The van der Waals surface area contributed by atoms with Gasteiger partial charge in [0.2, 0.25) is 0 Å². The molecule has 0 bridgehead atoms. The Morgan fingerprint density at radius 3 is 2.94 bits per heavy atom. The molecule has 1 atom stereocenters. The van der Waals surface area contributed by atoms with Crippen molar-refractivity contribution in [1.82, 2.24) is 24.6 Å². The van der Waals surface area contributed by atoms with Crippen LogP contribution in [0.2, 0.25) is 0 Å². The van der Waals surface area contributed by atoms with E-state index < -0.39 is 0 Å². The number of imidazole rings is 1. The second-order valence-electron chi connectivity index (χ2n) is 9.61. The summed E-state index contributed by atoms with van der Waals surface area (Å²) >= 11 is 0. The molecule has 0 saturated carbocycles. The number of aromatic nitrogens is 3. The van der Waals surface area contributed by atoms with Gasteiger partial charge in [0.05, 0.1) is 35.4 Å². The lowest BCUT2D eigenvalue weighted by Crippen LogP contribution is -2.15. The number of hydrogen-bond acceptors (Lipinski definition) is 6. The number of anilines is 2. The largest absolute Gasteiger partial charge is 0.381 e. The average Bonchev–Trinajstić information content (AvgIpc) is 3.59. The normalized spacial score (nSPS) is 17.1. The Morgan fingerprint density at radius 2 is 2.14 bits per heavy atom. The smallest absolute Gasteiger partial charge is 0.254 e. The standard InChI is InChI=1S/C27H27FN6O2/c1-33(2)14-19-9-17(16-6-8-36-15-16)10-24(31-19)32-22-4-3-20(21-12-30-27(35)26(21)22)23-13-29-25-11-18(28)5-7-34(23)25/h3-5,7,9-11,13,16H,6,8,12,14-15H2,1-2H3,(H,30,35)(H,31,32). The molecule has 0 aliphatic carbocycles. The SMILES string of the molecule is CN(C)Cc1cc(C2CCOC2)cc(Nc2ccc(-c3cnc4cc(F)ccn34)c3c2C(=O)NC3)n1. The molecule has 2 aliphatic heterocycles. The van der Waals surface area contributed by atoms with E-state index in [2.05, 4.69) is 32.7 Å². The quantitative estimate of drug-likeness (QED) is 0.427. The third-order valence-electron chi connectivity index (χ3n) is 6.76. The fraction of sp³-hybridized carbons (Fsp3) is 0.296. The Hall–Kier alpha value is -3.82. The number of nitrogens with zero attached hydrogens (tertiary/aromatic N) is 4. The molecule has 1 unspecified atom stereocenters. The number of rotatable bonds is 6. The molecule has 9 heteroatoms. The first kappa shape index (κ1) is 22.6. The van der Waals surface area contributed by atoms with Crippen LogP contribution in [0.4, 0.5) is 15.9 Å². The van der Waals surface area contributed by atoms with Gasteiger partial charge < -0.3 is 20.3 Å². The molecule has 0 radical (unpaired) electrons. The van der Waals surface area contributed by atoms with Crippen LogP contribution < -0.4 is 10.6 Å². The second kappa shape index (κ2) is 9.00. The number of carbonyl (C=O) groups excluding carboxylic acids is 1. The molecule has 1 aromatic carbocycles. The van der Waals surface area contributed by atoms with Gasteiger partial charge in [0, 0.05) is 43.4 Å². The highest BCUT2D eigenvalue weighted by atomic mass is 19.1. The molecule has 1 saturated heterocycles. The Morgan fingerprint density at radius 1 is 1.25 bits per heavy atom. The van der Waals surface area contributed by atoms with E-state index in [1.807, 2.05) is 30.6 Å². The lowest BCUT2D eigenvalue weighted by Gasteiger charge is -2.17. The van der Waals surface area contributed by atoms with Crippen molar-refractivity contribution in [2.24, 2.45) is 0 Å². The van der Waals surface area contributed by atoms with Crippen LogP contribution in [0.1, 0.15) is 39.5 Å². The highest BCUT2D eigenvalue weighted by Gasteiger charge is 2.28. The van der Waals surface area contributed by atoms with Crippen LogP contribution in [0.5, 0.6) is 0 Å². The summed E-state index contributed by atoms with van der Waals surface area (Å²) in [6.07, 6.45) is 4.35. The van der Waals surface area contributed by atoms with Crippen LogP contribution in [0.15, 0.2) is 48.8 Å². The summed E-state index contributed by atoms with van der Waals surface area (Å²) in [7, 11) is 4.04. The van der Waals surface area contributed by atoms with Crippen LogP contribution in [0.3, 0.4) is 0 Å². The van der Waals surface area contributed by atoms with E-state index >= 15 is 0 Å². The van der Waals surface area contributed by atoms with E-state index in [0.29, 0.717) is 48.3 Å². The van der Waals surface area contributed by atoms with Crippen molar-refractivity contribution in [2.75, 3.05) is 32.6 Å². The van der Waals surface area contributed by atoms with Gasteiger partial charge in [0.25, 0.3) is 5.91 Å². The molecule has 8 nitrogen and oxygen atoms in total. The summed E-state index contributed by atoms with van der Waals surface area (Å²) in [5.41, 5.74) is 6.53. The number of amides is 1. The van der Waals surface area contributed by atoms with Crippen LogP contribution in [-0.2, 0) is 17.8 Å². The number of halogens is 1. The fourth-order valence-electron chi connectivity index (χ4n) is 5.10. The number of pyridine rings is 2. The highest BCUT2D eigenvalue weighted by molar-refractivity contribution is 6.06. The van der Waals surface area contributed by atoms with Crippen molar-refractivity contribution in [1.29, 1.82) is 0 Å². The van der Waals surface area contributed by atoms with E-state index in [9.17, 15) is 9.18 Å². The van der Waals surface area contributed by atoms with Crippen LogP contribution in [0, 0.1) is 5.82 Å². The molecular formula is C27H27FN6O2. The van der Waals surface area contributed by atoms with Crippen LogP contribution in [-0.4, -0.2) is 52.5 Å². The second-order valence-corrected chi connectivity index (χ2v) is 9.61. The monoisotopic (exact) mass is 486 g/mol. The molecule has 0 spiro atoms. The first-order chi connectivity index (χ1) is 17.5. The van der Waals surface area contributed by atoms with Crippen molar-refractivity contribution < 1.29 is 13.9 Å². The average molecular weight is 487 g/mol. The number of carbonyl (C=O) groups is 1. The molecule has 2 N–H and O–H groups in total. The predicted molar refractivity (Wildman–Crippen MR) is 135 cm³/mol. The Balaban J connectivity index is 1.40. The zero-order valence-electron chi connectivity index (χ0n) is 20.2. The lowest BCUT2D eigenvalue weighted by atomic mass is 9.97. The minimum Gasteiger partial charge on any atom is -0.381 e. The van der Waals surface area contributed by atoms with Gasteiger partial charge in [-0.2, -0.15) is 0 Å². The molecule has 3 aromatic heterocycles. The first-order valence-corrected chi connectivity index (χ1v) is 12.0. The summed E-state index contributed by atoms with van der Waals surface area (Å²) in [6.45, 7) is 2.60. The van der Waals surface area contributed by atoms with Gasteiger partial charge in [0.15, 0.2) is 0 Å². The van der Waals surface area contributed by atoms with Crippen molar-refractivity contribution in [3.63, 3.8) is 0 Å². The Kier molecular flexibility index (Phi) is 5.66. The van der Waals surface area contributed by atoms with Gasteiger partial charge >= 0.3 is 0 Å². The predicted octanol–water partition coefficient (Wildman–Crippen LogP) is 4.09. The van der Waals surface area contributed by atoms with Gasteiger partial charge in [0.1, 0.15) is 17.3 Å². The molecule has 1 amide bonds.